The highest BCUT2D eigenvalue weighted by molar-refractivity contribution is 7.80. The average molecular weight is 271 g/mol. The number of carbonyl (C=O) groups excluding carboxylic acids is 2. The van der Waals surface area contributed by atoms with Gasteiger partial charge in [0.05, 0.1) is 16.9 Å². The molecule has 0 atom stereocenters. The molecule has 0 unspecified atom stereocenters. The van der Waals surface area contributed by atoms with E-state index < -0.39 is 11.3 Å². The average Bonchev–Trinajstić information content (AvgIpc) is 2.21. The fraction of sp³-hybridized carbons (Fsp3) is 0.750. The zero-order valence-electron chi connectivity index (χ0n) is 10.8. The minimum Gasteiger partial charge on any atom is -0.392 e. The van der Waals surface area contributed by atoms with Crippen LogP contribution in [0.15, 0.2) is 0 Å². The molecule has 1 aliphatic carbocycles. The van der Waals surface area contributed by atoms with Crippen LogP contribution >= 0.6 is 12.2 Å². The van der Waals surface area contributed by atoms with Gasteiger partial charge >= 0.3 is 0 Å². The second-order valence-corrected chi connectivity index (χ2v) is 5.29. The molecule has 0 aromatic heterocycles. The van der Waals surface area contributed by atoms with Gasteiger partial charge in [0.25, 0.3) is 0 Å². The number of rotatable bonds is 7. The topological polar surface area (TPSA) is 89.4 Å². The van der Waals surface area contributed by atoms with Crippen molar-refractivity contribution >= 4 is 29.0 Å². The summed E-state index contributed by atoms with van der Waals surface area (Å²) in [6, 6.07) is 0. The second-order valence-electron chi connectivity index (χ2n) is 4.85. The van der Waals surface area contributed by atoms with Crippen LogP contribution in [0.4, 0.5) is 0 Å². The van der Waals surface area contributed by atoms with Crippen molar-refractivity contribution < 1.29 is 9.59 Å². The molecular weight excluding hydrogens is 250 g/mol. The predicted octanol–water partition coefficient (Wildman–Crippen LogP) is 0.557. The van der Waals surface area contributed by atoms with Gasteiger partial charge in [-0.3, -0.25) is 9.59 Å². The van der Waals surface area contributed by atoms with Crippen molar-refractivity contribution in [3.8, 4) is 0 Å². The van der Waals surface area contributed by atoms with Crippen LogP contribution in [0, 0.1) is 5.41 Å². The summed E-state index contributed by atoms with van der Waals surface area (Å²) >= 11 is 5.02. The van der Waals surface area contributed by atoms with Crippen LogP contribution in [-0.4, -0.2) is 34.8 Å². The quantitative estimate of drug-likeness (QED) is 0.662. The number of unbranched alkanes of at least 4 members (excludes halogenated alkanes) is 1. The van der Waals surface area contributed by atoms with Crippen LogP contribution in [0.3, 0.4) is 0 Å². The summed E-state index contributed by atoms with van der Waals surface area (Å²) in [5.74, 6) is -0.634. The van der Waals surface area contributed by atoms with Crippen LogP contribution in [0.2, 0.25) is 0 Å². The van der Waals surface area contributed by atoms with Crippen molar-refractivity contribution in [2.75, 3.05) is 13.1 Å². The normalized spacial score (nSPS) is 16.7. The number of thiocarbonyl (C=S) groups is 1. The van der Waals surface area contributed by atoms with Gasteiger partial charge < -0.3 is 16.4 Å². The molecule has 0 aromatic rings. The molecule has 5 nitrogen and oxygen atoms in total. The minimum atomic E-state index is -0.724. The first-order valence-electron chi connectivity index (χ1n) is 6.31. The molecule has 102 valence electrons. The molecule has 1 saturated carbocycles. The third-order valence-electron chi connectivity index (χ3n) is 3.50. The summed E-state index contributed by atoms with van der Waals surface area (Å²) in [6.45, 7) is 2.51. The zero-order chi connectivity index (χ0) is 13.8. The lowest BCUT2D eigenvalue weighted by molar-refractivity contribution is -0.144. The van der Waals surface area contributed by atoms with Gasteiger partial charge in [-0.25, -0.2) is 0 Å². The Bertz CT molecular complexity index is 353. The SMILES string of the molecule is CCCCN(CC(N)=O)C(=O)C1(C(N)=S)CCC1. The van der Waals surface area contributed by atoms with Crippen molar-refractivity contribution in [1.29, 1.82) is 0 Å². The molecular formula is C12H21N3O2S. The summed E-state index contributed by atoms with van der Waals surface area (Å²) in [5.41, 5.74) is 10.2. The Morgan fingerprint density at radius 1 is 1.33 bits per heavy atom. The molecule has 0 bridgehead atoms. The Morgan fingerprint density at radius 3 is 2.28 bits per heavy atom. The van der Waals surface area contributed by atoms with E-state index >= 15 is 0 Å². The molecule has 0 spiro atoms. The smallest absolute Gasteiger partial charge is 0.237 e. The number of carbonyl (C=O) groups is 2. The van der Waals surface area contributed by atoms with Crippen molar-refractivity contribution in [2.45, 2.75) is 39.0 Å². The van der Waals surface area contributed by atoms with E-state index in [1.54, 1.807) is 0 Å². The van der Waals surface area contributed by atoms with Crippen molar-refractivity contribution in [3.63, 3.8) is 0 Å². The Balaban J connectivity index is 2.80. The third kappa shape index (κ3) is 2.98. The fourth-order valence-electron chi connectivity index (χ4n) is 2.19. The lowest BCUT2D eigenvalue weighted by atomic mass is 9.67. The standard InChI is InChI=1S/C12H21N3O2S/c1-2-3-7-15(8-9(13)16)11(17)12(10(14)18)5-4-6-12/h2-8H2,1H3,(H2,13,16)(H2,14,18). The third-order valence-corrected chi connectivity index (χ3v) is 3.89. The molecule has 1 rings (SSSR count). The molecule has 6 heteroatoms. The summed E-state index contributed by atoms with van der Waals surface area (Å²) in [6.07, 6.45) is 4.10. The van der Waals surface area contributed by atoms with E-state index in [1.807, 2.05) is 6.92 Å². The predicted molar refractivity (Wildman–Crippen MR) is 73.8 cm³/mol. The number of hydrogen-bond acceptors (Lipinski definition) is 3. The first-order chi connectivity index (χ1) is 8.44. The van der Waals surface area contributed by atoms with Crippen molar-refractivity contribution in [3.05, 3.63) is 0 Å². The Morgan fingerprint density at radius 2 is 1.94 bits per heavy atom. The van der Waals surface area contributed by atoms with E-state index in [0.29, 0.717) is 19.4 Å². The monoisotopic (exact) mass is 271 g/mol. The van der Waals surface area contributed by atoms with Crippen molar-refractivity contribution in [1.82, 2.24) is 4.90 Å². The van der Waals surface area contributed by atoms with Gasteiger partial charge in [-0.15, -0.1) is 0 Å². The minimum absolute atomic E-state index is 0.0524. The van der Waals surface area contributed by atoms with Gasteiger partial charge in [0.1, 0.15) is 0 Å². The van der Waals surface area contributed by atoms with Crippen LogP contribution in [0.1, 0.15) is 39.0 Å². The molecule has 2 amide bonds. The van der Waals surface area contributed by atoms with Gasteiger partial charge in [0.15, 0.2) is 0 Å². The maximum atomic E-state index is 12.5. The molecule has 1 aliphatic rings. The number of nitrogens with two attached hydrogens (primary N) is 2. The van der Waals surface area contributed by atoms with E-state index in [4.69, 9.17) is 23.7 Å². The number of primary amides is 1. The van der Waals surface area contributed by atoms with E-state index in [0.717, 1.165) is 19.3 Å². The van der Waals surface area contributed by atoms with Crippen molar-refractivity contribution in [2.24, 2.45) is 16.9 Å². The first kappa shape index (κ1) is 14.9. The van der Waals surface area contributed by atoms with Gasteiger partial charge in [0, 0.05) is 6.54 Å². The Labute approximate surface area is 113 Å². The Hall–Kier alpha value is -1.17. The lowest BCUT2D eigenvalue weighted by Gasteiger charge is -2.42. The van der Waals surface area contributed by atoms with Crippen LogP contribution in [0.5, 0.6) is 0 Å². The highest BCUT2D eigenvalue weighted by Crippen LogP contribution is 2.42. The van der Waals surface area contributed by atoms with Gasteiger partial charge in [0.2, 0.25) is 11.8 Å². The van der Waals surface area contributed by atoms with Gasteiger partial charge in [-0.1, -0.05) is 32.0 Å². The molecule has 4 N–H and O–H groups in total. The maximum absolute atomic E-state index is 12.5. The largest absolute Gasteiger partial charge is 0.392 e. The number of hydrogen-bond donors (Lipinski definition) is 2. The van der Waals surface area contributed by atoms with E-state index in [-0.39, 0.29) is 17.4 Å². The Kier molecular flexibility index (Phi) is 5.07. The van der Waals surface area contributed by atoms with Crippen LogP contribution in [0.25, 0.3) is 0 Å². The number of amides is 2. The lowest BCUT2D eigenvalue weighted by Crippen LogP contribution is -2.55. The molecule has 0 saturated heterocycles. The molecule has 0 aromatic carbocycles. The summed E-state index contributed by atoms with van der Waals surface area (Å²) in [5, 5.41) is 0. The zero-order valence-corrected chi connectivity index (χ0v) is 11.6. The first-order valence-corrected chi connectivity index (χ1v) is 6.72. The molecule has 0 radical (unpaired) electrons. The van der Waals surface area contributed by atoms with E-state index in [2.05, 4.69) is 0 Å². The summed E-state index contributed by atoms with van der Waals surface area (Å²) in [7, 11) is 0. The van der Waals surface area contributed by atoms with Gasteiger partial charge in [-0.05, 0) is 19.3 Å². The van der Waals surface area contributed by atoms with Crippen LogP contribution in [-0.2, 0) is 9.59 Å². The fourth-order valence-corrected chi connectivity index (χ4v) is 2.48. The van der Waals surface area contributed by atoms with E-state index in [9.17, 15) is 9.59 Å². The summed E-state index contributed by atoms with van der Waals surface area (Å²) < 4.78 is 0. The highest BCUT2D eigenvalue weighted by Gasteiger charge is 2.48. The highest BCUT2D eigenvalue weighted by atomic mass is 32.1. The maximum Gasteiger partial charge on any atom is 0.237 e. The molecule has 0 heterocycles. The van der Waals surface area contributed by atoms with E-state index in [1.165, 1.54) is 4.90 Å². The number of nitrogens with zero attached hydrogens (tertiary/aromatic N) is 1. The molecule has 1 fully saturated rings. The van der Waals surface area contributed by atoms with Gasteiger partial charge in [-0.2, -0.15) is 0 Å². The molecule has 18 heavy (non-hydrogen) atoms. The van der Waals surface area contributed by atoms with Crippen LogP contribution < -0.4 is 11.5 Å². The summed E-state index contributed by atoms with van der Waals surface area (Å²) in [4.78, 5) is 25.3. The second kappa shape index (κ2) is 6.13. The molecule has 0 aliphatic heterocycles.